The average Bonchev–Trinajstić information content (AvgIpc) is 2.29. The minimum atomic E-state index is -0.537. The standard InChI is InChI=1S/C9H16O2/c1-9(10)6-11-8-5-3-2-4-7(8)9/h7-8,10H,2-6H2,1H3. The smallest absolute Gasteiger partial charge is 0.0904 e. The van der Waals surface area contributed by atoms with Crippen molar-refractivity contribution in [2.24, 2.45) is 5.92 Å². The third-order valence-electron chi connectivity index (χ3n) is 3.09. The summed E-state index contributed by atoms with van der Waals surface area (Å²) in [7, 11) is 0. The molecule has 3 atom stereocenters. The zero-order valence-electron chi connectivity index (χ0n) is 7.05. The highest BCUT2D eigenvalue weighted by Crippen LogP contribution is 2.39. The summed E-state index contributed by atoms with van der Waals surface area (Å²) in [6.45, 7) is 2.45. The normalized spacial score (nSPS) is 50.7. The molecule has 0 aromatic heterocycles. The largest absolute Gasteiger partial charge is 0.387 e. The van der Waals surface area contributed by atoms with E-state index in [1.807, 2.05) is 6.92 Å². The minimum Gasteiger partial charge on any atom is -0.387 e. The van der Waals surface area contributed by atoms with Crippen LogP contribution in [0.2, 0.25) is 0 Å². The van der Waals surface area contributed by atoms with Gasteiger partial charge in [0.25, 0.3) is 0 Å². The zero-order chi connectivity index (χ0) is 7.90. The summed E-state index contributed by atoms with van der Waals surface area (Å²) < 4.78 is 5.52. The number of hydrogen-bond acceptors (Lipinski definition) is 2. The molecule has 1 aliphatic heterocycles. The molecule has 0 radical (unpaired) electrons. The van der Waals surface area contributed by atoms with E-state index >= 15 is 0 Å². The van der Waals surface area contributed by atoms with Crippen LogP contribution in [0.15, 0.2) is 0 Å². The molecule has 11 heavy (non-hydrogen) atoms. The fourth-order valence-corrected chi connectivity index (χ4v) is 2.39. The van der Waals surface area contributed by atoms with Crippen LogP contribution in [-0.2, 0) is 4.74 Å². The summed E-state index contributed by atoms with van der Waals surface area (Å²) in [5, 5.41) is 9.86. The van der Waals surface area contributed by atoms with E-state index in [0.29, 0.717) is 18.6 Å². The lowest BCUT2D eigenvalue weighted by molar-refractivity contribution is 0.0154. The molecule has 2 fully saturated rings. The summed E-state index contributed by atoms with van der Waals surface area (Å²) in [5.41, 5.74) is -0.537. The molecule has 0 aromatic rings. The molecule has 0 bridgehead atoms. The fraction of sp³-hybridized carbons (Fsp3) is 1.00. The molecule has 1 saturated carbocycles. The van der Waals surface area contributed by atoms with Crippen LogP contribution in [0.5, 0.6) is 0 Å². The first-order valence-electron chi connectivity index (χ1n) is 4.54. The molecule has 0 spiro atoms. The Morgan fingerprint density at radius 3 is 2.82 bits per heavy atom. The van der Waals surface area contributed by atoms with E-state index in [9.17, 15) is 5.11 Å². The van der Waals surface area contributed by atoms with Gasteiger partial charge in [0.2, 0.25) is 0 Å². The van der Waals surface area contributed by atoms with Crippen molar-refractivity contribution in [3.05, 3.63) is 0 Å². The van der Waals surface area contributed by atoms with Gasteiger partial charge in [-0.2, -0.15) is 0 Å². The molecule has 3 unspecified atom stereocenters. The molecule has 1 heterocycles. The molecular formula is C9H16O2. The second kappa shape index (κ2) is 2.46. The Bertz CT molecular complexity index is 154. The number of ether oxygens (including phenoxy) is 1. The molecule has 1 saturated heterocycles. The first-order chi connectivity index (χ1) is 5.20. The summed E-state index contributed by atoms with van der Waals surface area (Å²) >= 11 is 0. The molecule has 2 rings (SSSR count). The van der Waals surface area contributed by atoms with Gasteiger partial charge in [0, 0.05) is 5.92 Å². The summed E-state index contributed by atoms with van der Waals surface area (Å²) in [5.74, 6) is 0.413. The lowest BCUT2D eigenvalue weighted by Gasteiger charge is -2.30. The number of fused-ring (bicyclic) bond motifs is 1. The molecule has 1 aliphatic carbocycles. The van der Waals surface area contributed by atoms with Crippen molar-refractivity contribution in [2.45, 2.75) is 44.3 Å². The summed E-state index contributed by atoms with van der Waals surface area (Å²) in [4.78, 5) is 0. The Hall–Kier alpha value is -0.0800. The van der Waals surface area contributed by atoms with Gasteiger partial charge >= 0.3 is 0 Å². The third kappa shape index (κ3) is 1.18. The van der Waals surface area contributed by atoms with Crippen molar-refractivity contribution in [1.82, 2.24) is 0 Å². The molecule has 2 aliphatic rings. The van der Waals surface area contributed by atoms with Crippen molar-refractivity contribution in [1.29, 1.82) is 0 Å². The lowest BCUT2D eigenvalue weighted by Crippen LogP contribution is -2.37. The van der Waals surface area contributed by atoms with Gasteiger partial charge in [-0.05, 0) is 19.8 Å². The maximum absolute atomic E-state index is 9.86. The molecule has 0 amide bonds. The van der Waals surface area contributed by atoms with Crippen LogP contribution in [0, 0.1) is 5.92 Å². The molecular weight excluding hydrogens is 140 g/mol. The fourth-order valence-electron chi connectivity index (χ4n) is 2.39. The molecule has 2 nitrogen and oxygen atoms in total. The Kier molecular flexibility index (Phi) is 1.69. The third-order valence-corrected chi connectivity index (χ3v) is 3.09. The maximum Gasteiger partial charge on any atom is 0.0904 e. The van der Waals surface area contributed by atoms with E-state index in [4.69, 9.17) is 4.74 Å². The topological polar surface area (TPSA) is 29.5 Å². The molecule has 2 heteroatoms. The lowest BCUT2D eigenvalue weighted by atomic mass is 9.78. The van der Waals surface area contributed by atoms with Gasteiger partial charge in [0.05, 0.1) is 18.3 Å². The Morgan fingerprint density at radius 1 is 1.36 bits per heavy atom. The average molecular weight is 156 g/mol. The van der Waals surface area contributed by atoms with Crippen LogP contribution in [0.4, 0.5) is 0 Å². The molecule has 64 valence electrons. The van der Waals surface area contributed by atoms with Crippen molar-refractivity contribution < 1.29 is 9.84 Å². The van der Waals surface area contributed by atoms with Crippen LogP contribution < -0.4 is 0 Å². The van der Waals surface area contributed by atoms with Gasteiger partial charge in [-0.15, -0.1) is 0 Å². The van der Waals surface area contributed by atoms with Crippen LogP contribution in [0.25, 0.3) is 0 Å². The van der Waals surface area contributed by atoms with Crippen molar-refractivity contribution in [3.63, 3.8) is 0 Å². The molecule has 1 N–H and O–H groups in total. The van der Waals surface area contributed by atoms with Gasteiger partial charge in [-0.25, -0.2) is 0 Å². The van der Waals surface area contributed by atoms with Crippen LogP contribution >= 0.6 is 0 Å². The molecule has 0 aromatic carbocycles. The number of hydrogen-bond donors (Lipinski definition) is 1. The SMILES string of the molecule is CC1(O)COC2CCCCC21. The van der Waals surface area contributed by atoms with Gasteiger partial charge in [-0.1, -0.05) is 12.8 Å². The minimum absolute atomic E-state index is 0.360. The first-order valence-corrected chi connectivity index (χ1v) is 4.54. The van der Waals surface area contributed by atoms with Gasteiger partial charge in [-0.3, -0.25) is 0 Å². The highest BCUT2D eigenvalue weighted by atomic mass is 16.5. The van der Waals surface area contributed by atoms with Crippen molar-refractivity contribution in [2.75, 3.05) is 6.61 Å². The summed E-state index contributed by atoms with van der Waals surface area (Å²) in [6.07, 6.45) is 5.20. The Balaban J connectivity index is 2.10. The highest BCUT2D eigenvalue weighted by Gasteiger charge is 2.45. The van der Waals surface area contributed by atoms with Crippen LogP contribution in [0.3, 0.4) is 0 Å². The maximum atomic E-state index is 9.86. The highest BCUT2D eigenvalue weighted by molar-refractivity contribution is 4.94. The van der Waals surface area contributed by atoms with E-state index in [2.05, 4.69) is 0 Å². The second-order valence-electron chi connectivity index (χ2n) is 4.10. The van der Waals surface area contributed by atoms with E-state index in [1.54, 1.807) is 0 Å². The Morgan fingerprint density at radius 2 is 2.09 bits per heavy atom. The van der Waals surface area contributed by atoms with E-state index < -0.39 is 5.60 Å². The number of aliphatic hydroxyl groups is 1. The Labute approximate surface area is 67.6 Å². The zero-order valence-corrected chi connectivity index (χ0v) is 7.05. The van der Waals surface area contributed by atoms with Gasteiger partial charge < -0.3 is 9.84 Å². The van der Waals surface area contributed by atoms with E-state index in [0.717, 1.165) is 12.8 Å². The van der Waals surface area contributed by atoms with E-state index in [1.165, 1.54) is 12.8 Å². The van der Waals surface area contributed by atoms with Gasteiger partial charge in [0.15, 0.2) is 0 Å². The van der Waals surface area contributed by atoms with Crippen molar-refractivity contribution >= 4 is 0 Å². The predicted octanol–water partition coefficient (Wildman–Crippen LogP) is 1.33. The number of rotatable bonds is 0. The quantitative estimate of drug-likeness (QED) is 0.573. The first kappa shape index (κ1) is 7.56. The van der Waals surface area contributed by atoms with Crippen LogP contribution in [0.1, 0.15) is 32.6 Å². The second-order valence-corrected chi connectivity index (χ2v) is 4.10. The predicted molar refractivity (Wildman–Crippen MR) is 42.3 cm³/mol. The van der Waals surface area contributed by atoms with Gasteiger partial charge in [0.1, 0.15) is 0 Å². The van der Waals surface area contributed by atoms with E-state index in [-0.39, 0.29) is 0 Å². The van der Waals surface area contributed by atoms with Crippen molar-refractivity contribution in [3.8, 4) is 0 Å². The summed E-state index contributed by atoms with van der Waals surface area (Å²) in [6, 6.07) is 0. The monoisotopic (exact) mass is 156 g/mol. The van der Waals surface area contributed by atoms with Crippen LogP contribution in [-0.4, -0.2) is 23.4 Å².